The molecule has 1 atom stereocenters. The van der Waals surface area contributed by atoms with Gasteiger partial charge >= 0.3 is 0 Å². The number of H-pyrrole nitrogens is 2. The van der Waals surface area contributed by atoms with Gasteiger partial charge in [-0.15, -0.1) is 0 Å². The molecule has 3 heterocycles. The molecule has 1 aliphatic heterocycles. The summed E-state index contributed by atoms with van der Waals surface area (Å²) in [7, 11) is 0. The number of carbonyl (C=O) groups excluding carboxylic acids is 4. The van der Waals surface area contributed by atoms with E-state index in [1.165, 1.54) is 12.8 Å². The monoisotopic (exact) mass is 877 g/mol. The second-order valence-electron chi connectivity index (χ2n) is 19.6. The minimum atomic E-state index is -0.411. The number of aromatic amines is 2. The Hall–Kier alpha value is -3.90. The summed E-state index contributed by atoms with van der Waals surface area (Å²) in [5, 5.41) is 8.67. The number of hydrogen-bond donors (Lipinski definition) is 4. The van der Waals surface area contributed by atoms with Crippen molar-refractivity contribution in [1.29, 1.82) is 0 Å². The second kappa shape index (κ2) is 17.2. The zero-order valence-corrected chi connectivity index (χ0v) is 37.6. The Balaban J connectivity index is 0.000000183. The molecule has 8 rings (SSSR count). The Kier molecular flexibility index (Phi) is 13.0. The van der Waals surface area contributed by atoms with Crippen molar-refractivity contribution in [2.75, 3.05) is 38.3 Å². The minimum Gasteiger partial charge on any atom is -0.352 e. The second-order valence-corrected chi connectivity index (χ2v) is 20.4. The molecule has 320 valence electrons. The maximum absolute atomic E-state index is 13.0. The molecule has 2 fully saturated rings. The van der Waals surface area contributed by atoms with Crippen molar-refractivity contribution in [3.8, 4) is 0 Å². The summed E-state index contributed by atoms with van der Waals surface area (Å²) < 4.78 is 23.2. The van der Waals surface area contributed by atoms with Crippen molar-refractivity contribution in [3.05, 3.63) is 70.0 Å². The zero-order valence-electron chi connectivity index (χ0n) is 36.0. The van der Waals surface area contributed by atoms with Gasteiger partial charge in [0.15, 0.2) is 11.6 Å². The first-order valence-electron chi connectivity index (χ1n) is 21.2. The van der Waals surface area contributed by atoms with Crippen molar-refractivity contribution in [1.82, 2.24) is 25.5 Å². The number of Topliss-reactive ketones (excluding diaryl/α,β-unsaturated/α-hetero) is 2. The maximum Gasteiger partial charge on any atom is 0.251 e. The lowest BCUT2D eigenvalue weighted by Gasteiger charge is -2.39. The van der Waals surface area contributed by atoms with E-state index in [4.69, 9.17) is 0 Å². The van der Waals surface area contributed by atoms with E-state index in [9.17, 15) is 28.0 Å². The highest BCUT2D eigenvalue weighted by molar-refractivity contribution is 9.09. The first kappa shape index (κ1) is 44.6. The van der Waals surface area contributed by atoms with Crippen LogP contribution in [-0.4, -0.2) is 88.6 Å². The van der Waals surface area contributed by atoms with Gasteiger partial charge in [0.1, 0.15) is 6.67 Å². The highest BCUT2D eigenvalue weighted by Crippen LogP contribution is 2.49. The van der Waals surface area contributed by atoms with Gasteiger partial charge in [0.05, 0.1) is 18.1 Å². The highest BCUT2D eigenvalue weighted by Gasteiger charge is 2.47. The molecule has 4 aliphatic rings. The molecule has 4 aromatic rings. The summed E-state index contributed by atoms with van der Waals surface area (Å²) >= 11 is 2.87. The highest BCUT2D eigenvalue weighted by atomic mass is 79.9. The predicted molar refractivity (Wildman–Crippen MR) is 236 cm³/mol. The summed E-state index contributed by atoms with van der Waals surface area (Å²) in [6.45, 7) is 18.1. The van der Waals surface area contributed by atoms with E-state index in [1.54, 1.807) is 6.07 Å². The number of rotatable bonds is 7. The van der Waals surface area contributed by atoms with Gasteiger partial charge in [0, 0.05) is 80.8 Å². The number of ketones is 2. The van der Waals surface area contributed by atoms with Crippen molar-refractivity contribution < 1.29 is 28.0 Å². The number of hydrogen-bond acceptors (Lipinski definition) is 5. The lowest BCUT2D eigenvalue weighted by molar-refractivity contribution is 0.0755. The summed E-state index contributed by atoms with van der Waals surface area (Å²) in [4.78, 5) is 60.1. The molecule has 2 aromatic heterocycles. The first-order chi connectivity index (χ1) is 27.7. The van der Waals surface area contributed by atoms with Crippen LogP contribution in [-0.2, 0) is 10.8 Å². The van der Waals surface area contributed by atoms with E-state index in [2.05, 4.69) is 64.2 Å². The standard InChI is InChI=1S/C23H30FN3O2.C22H28N2O2.C2H4BrF/c1-22(2)13-23(3,4)20(28)19-18(22)16-11-14(5-6-17(16)26-19)21(29)25-15-7-9-27(12-15)10-8-24;1-21(2)12-22(3,4)19(25)18-17(21)15-11-13(9-10-16(15)24-18)20(26)23-14-7-5-6-8-14;3-1-2-4/h5-6,11,15,26H,7-10,12-13H2,1-4H3,(H,25,29);9-11,14,24H,5-8,12H2,1-4H3,(H,23,26);1-2H2. The number of nitrogens with one attached hydrogen (secondary N) is 4. The van der Waals surface area contributed by atoms with Crippen molar-refractivity contribution in [2.24, 2.45) is 10.8 Å². The molecular weight excluding hydrogens is 816 g/mol. The van der Waals surface area contributed by atoms with E-state index in [1.807, 2.05) is 62.9 Å². The van der Waals surface area contributed by atoms with Crippen LogP contribution in [0.2, 0.25) is 0 Å². The molecule has 4 N–H and O–H groups in total. The molecule has 2 amide bonds. The Morgan fingerprint density at radius 3 is 1.56 bits per heavy atom. The summed E-state index contributed by atoms with van der Waals surface area (Å²) in [6.07, 6.45) is 6.94. The Morgan fingerprint density at radius 1 is 0.695 bits per heavy atom. The number of carbonyl (C=O) groups is 4. The average Bonchev–Trinajstić information content (AvgIpc) is 3.98. The Bertz CT molecular complexity index is 2230. The molecule has 0 spiro atoms. The minimum absolute atomic E-state index is 0.00554. The number of halogens is 3. The summed E-state index contributed by atoms with van der Waals surface area (Å²) in [5.41, 5.74) is 5.50. The van der Waals surface area contributed by atoms with E-state index in [-0.39, 0.29) is 59.0 Å². The molecule has 1 saturated carbocycles. The molecule has 59 heavy (non-hydrogen) atoms. The molecule has 0 bridgehead atoms. The van der Waals surface area contributed by atoms with E-state index >= 15 is 0 Å². The third kappa shape index (κ3) is 9.24. The predicted octanol–water partition coefficient (Wildman–Crippen LogP) is 9.91. The van der Waals surface area contributed by atoms with E-state index < -0.39 is 5.41 Å². The van der Waals surface area contributed by atoms with Crippen molar-refractivity contribution in [3.63, 3.8) is 0 Å². The molecule has 12 heteroatoms. The third-order valence-electron chi connectivity index (χ3n) is 12.7. The normalized spacial score (nSPS) is 21.6. The average molecular weight is 879 g/mol. The van der Waals surface area contributed by atoms with Crippen LogP contribution in [0.1, 0.15) is 153 Å². The van der Waals surface area contributed by atoms with Crippen molar-refractivity contribution in [2.45, 2.75) is 123 Å². The molecule has 3 aliphatic carbocycles. The number of alkyl halides is 3. The topological polar surface area (TPSA) is 127 Å². The molecule has 9 nitrogen and oxygen atoms in total. The number of aromatic nitrogens is 2. The lowest BCUT2D eigenvalue weighted by atomic mass is 9.63. The molecular formula is C47H62BrF2N5O4. The van der Waals surface area contributed by atoms with Gasteiger partial charge in [0.2, 0.25) is 0 Å². The summed E-state index contributed by atoms with van der Waals surface area (Å²) in [6, 6.07) is 11.7. The van der Waals surface area contributed by atoms with Gasteiger partial charge in [0.25, 0.3) is 11.8 Å². The first-order valence-corrected chi connectivity index (χ1v) is 22.3. The number of nitrogens with zero attached hydrogens (tertiary/aromatic N) is 1. The van der Waals surface area contributed by atoms with Crippen LogP contribution in [0.4, 0.5) is 8.78 Å². The maximum atomic E-state index is 13.0. The van der Waals surface area contributed by atoms with E-state index in [0.717, 1.165) is 77.3 Å². The summed E-state index contributed by atoms with van der Waals surface area (Å²) in [5.74, 6) is 0.177. The van der Waals surface area contributed by atoms with Crippen LogP contribution >= 0.6 is 15.9 Å². The van der Waals surface area contributed by atoms with Crippen LogP contribution in [0, 0.1) is 10.8 Å². The van der Waals surface area contributed by atoms with Gasteiger partial charge in [-0.25, -0.2) is 4.39 Å². The SMILES string of the molecule is CC1(C)CC(C)(C)c2c([nH]c3ccc(C(=O)NC4CCCC4)cc23)C1=O.CC1(C)CC(C)(C)c2c([nH]c3ccc(C(=O)NC4CCN(CCF)C4)cc23)C1=O.FCCBr. The smallest absolute Gasteiger partial charge is 0.251 e. The zero-order chi connectivity index (χ0) is 43.1. The Labute approximate surface area is 355 Å². The fourth-order valence-corrected chi connectivity index (χ4v) is 10.5. The van der Waals surface area contributed by atoms with Crippen LogP contribution < -0.4 is 10.6 Å². The van der Waals surface area contributed by atoms with Gasteiger partial charge in [-0.1, -0.05) is 84.2 Å². The fraction of sp³-hybridized carbons (Fsp3) is 0.574. The molecule has 1 saturated heterocycles. The number of likely N-dealkylation sites (tertiary alicyclic amines) is 1. The van der Waals surface area contributed by atoms with Crippen LogP contribution in [0.3, 0.4) is 0 Å². The number of benzene rings is 2. The lowest BCUT2D eigenvalue weighted by Crippen LogP contribution is -2.39. The van der Waals surface area contributed by atoms with E-state index in [0.29, 0.717) is 41.3 Å². The van der Waals surface area contributed by atoms with Gasteiger partial charge in [-0.2, -0.15) is 0 Å². The Morgan fingerprint density at radius 2 is 1.14 bits per heavy atom. The van der Waals surface area contributed by atoms with Crippen LogP contribution in [0.25, 0.3) is 21.8 Å². The molecule has 2 aromatic carbocycles. The third-order valence-corrected chi connectivity index (χ3v) is 13.0. The van der Waals surface area contributed by atoms with Crippen LogP contribution in [0.15, 0.2) is 36.4 Å². The molecule has 1 unspecified atom stereocenters. The quantitative estimate of drug-likeness (QED) is 0.138. The molecule has 0 radical (unpaired) electrons. The van der Waals surface area contributed by atoms with Gasteiger partial charge in [-0.05, 0) is 90.5 Å². The van der Waals surface area contributed by atoms with Gasteiger partial charge in [-0.3, -0.25) is 28.5 Å². The number of fused-ring (bicyclic) bond motifs is 6. The fourth-order valence-electron chi connectivity index (χ4n) is 10.5. The largest absolute Gasteiger partial charge is 0.352 e. The number of amides is 2. The van der Waals surface area contributed by atoms with Crippen molar-refractivity contribution >= 4 is 61.1 Å². The van der Waals surface area contributed by atoms with Crippen LogP contribution in [0.5, 0.6) is 0 Å². The van der Waals surface area contributed by atoms with Gasteiger partial charge < -0.3 is 20.6 Å².